The fourth-order valence-electron chi connectivity index (χ4n) is 2.92. The second kappa shape index (κ2) is 6.62. The highest BCUT2D eigenvalue weighted by Gasteiger charge is 2.36. The van der Waals surface area contributed by atoms with Crippen LogP contribution in [0.25, 0.3) is 0 Å². The van der Waals surface area contributed by atoms with Crippen LogP contribution in [0.4, 0.5) is 0 Å². The Hall–Kier alpha value is -1.01. The Morgan fingerprint density at radius 2 is 1.82 bits per heavy atom. The Labute approximate surface area is 136 Å². The molecular formula is C16H22N2O2S2. The number of benzene rings is 1. The van der Waals surface area contributed by atoms with Crippen LogP contribution < -0.4 is 4.72 Å². The smallest absolute Gasteiger partial charge is 0.246 e. The Balaban J connectivity index is 1.70. The van der Waals surface area contributed by atoms with E-state index in [1.807, 2.05) is 31.2 Å². The first-order chi connectivity index (χ1) is 10.5. The predicted octanol–water partition coefficient (Wildman–Crippen LogP) is 3.47. The minimum atomic E-state index is -3.31. The van der Waals surface area contributed by atoms with E-state index in [2.05, 4.69) is 9.71 Å². The molecule has 1 saturated heterocycles. The zero-order chi connectivity index (χ0) is 15.6. The van der Waals surface area contributed by atoms with Gasteiger partial charge in [0.1, 0.15) is 10.4 Å². The Morgan fingerprint density at radius 1 is 1.14 bits per heavy atom. The van der Waals surface area contributed by atoms with Crippen molar-refractivity contribution in [3.8, 4) is 0 Å². The molecule has 1 aromatic rings. The zero-order valence-corrected chi connectivity index (χ0v) is 14.4. The van der Waals surface area contributed by atoms with Crippen molar-refractivity contribution in [2.24, 2.45) is 4.99 Å². The second-order valence-electron chi connectivity index (χ2n) is 6.08. The quantitative estimate of drug-likeness (QED) is 0.918. The van der Waals surface area contributed by atoms with Gasteiger partial charge in [-0.2, -0.15) is 0 Å². The zero-order valence-electron chi connectivity index (χ0n) is 12.8. The van der Waals surface area contributed by atoms with Crippen molar-refractivity contribution in [2.75, 3.05) is 0 Å². The maximum atomic E-state index is 12.3. The molecule has 1 N–H and O–H groups in total. The van der Waals surface area contributed by atoms with E-state index in [0.29, 0.717) is 18.3 Å². The van der Waals surface area contributed by atoms with Crippen LogP contribution in [-0.4, -0.2) is 24.9 Å². The Bertz CT molecular complexity index is 647. The fraction of sp³-hybridized carbons (Fsp3) is 0.562. The van der Waals surface area contributed by atoms with Gasteiger partial charge in [0, 0.05) is 11.3 Å². The van der Waals surface area contributed by atoms with Crippen LogP contribution in [-0.2, 0) is 10.0 Å². The van der Waals surface area contributed by atoms with Crippen LogP contribution in [0.5, 0.6) is 0 Å². The molecule has 2 fully saturated rings. The van der Waals surface area contributed by atoms with E-state index in [0.717, 1.165) is 17.7 Å². The lowest BCUT2D eigenvalue weighted by molar-refractivity contribution is 0.442. The lowest BCUT2D eigenvalue weighted by Gasteiger charge is -2.17. The van der Waals surface area contributed by atoms with E-state index < -0.39 is 14.6 Å². The molecule has 0 amide bonds. The third-order valence-electron chi connectivity index (χ3n) is 4.17. The Morgan fingerprint density at radius 3 is 2.50 bits per heavy atom. The molecule has 1 aliphatic heterocycles. The number of amidine groups is 1. The van der Waals surface area contributed by atoms with Crippen LogP contribution in [0, 0.1) is 6.92 Å². The average molecular weight is 338 g/mol. The molecule has 1 saturated carbocycles. The van der Waals surface area contributed by atoms with Gasteiger partial charge in [0.2, 0.25) is 10.0 Å². The molecular weight excluding hydrogens is 316 g/mol. The molecule has 120 valence electrons. The second-order valence-corrected chi connectivity index (χ2v) is 9.52. The van der Waals surface area contributed by atoms with E-state index in [1.54, 1.807) is 0 Å². The summed E-state index contributed by atoms with van der Waals surface area (Å²) in [6.45, 7) is 2.03. The fourth-order valence-corrected chi connectivity index (χ4v) is 5.72. The minimum Gasteiger partial charge on any atom is -0.270 e. The van der Waals surface area contributed by atoms with E-state index in [9.17, 15) is 8.42 Å². The van der Waals surface area contributed by atoms with Gasteiger partial charge in [0.05, 0.1) is 6.04 Å². The number of rotatable bonds is 3. The molecule has 3 rings (SSSR count). The summed E-state index contributed by atoms with van der Waals surface area (Å²) in [4.78, 5) is 5.64. The third kappa shape index (κ3) is 3.84. The maximum absolute atomic E-state index is 12.3. The number of aliphatic imine (C=N–C) groups is 1. The largest absolute Gasteiger partial charge is 0.270 e. The highest BCUT2D eigenvalue weighted by Crippen LogP contribution is 2.33. The first-order valence-corrected chi connectivity index (χ1v) is 10.3. The summed E-state index contributed by atoms with van der Waals surface area (Å²) in [5.74, 6) is 0.650. The number of thioether (sulfide) groups is 1. The third-order valence-corrected chi connectivity index (χ3v) is 7.57. The average Bonchev–Trinajstić information content (AvgIpc) is 2.76. The molecule has 0 spiro atoms. The van der Waals surface area contributed by atoms with Crippen molar-refractivity contribution in [3.63, 3.8) is 0 Å². The highest BCUT2D eigenvalue weighted by atomic mass is 32.3. The molecule has 0 radical (unpaired) electrons. The summed E-state index contributed by atoms with van der Waals surface area (Å²) in [5, 5.41) is 0. The molecule has 1 heterocycles. The van der Waals surface area contributed by atoms with Gasteiger partial charge in [-0.1, -0.05) is 37.0 Å². The van der Waals surface area contributed by atoms with Gasteiger partial charge < -0.3 is 0 Å². The highest BCUT2D eigenvalue weighted by molar-refractivity contribution is 8.13. The maximum Gasteiger partial charge on any atom is 0.246 e. The van der Waals surface area contributed by atoms with E-state index >= 15 is 0 Å². The van der Waals surface area contributed by atoms with Crippen molar-refractivity contribution in [2.45, 2.75) is 61.0 Å². The van der Waals surface area contributed by atoms with Crippen LogP contribution in [0.3, 0.4) is 0 Å². The van der Waals surface area contributed by atoms with Crippen molar-refractivity contribution in [1.82, 2.24) is 4.72 Å². The molecule has 1 aliphatic carbocycles. The summed E-state index contributed by atoms with van der Waals surface area (Å²) < 4.78 is 26.7. The van der Waals surface area contributed by atoms with E-state index in [-0.39, 0.29) is 0 Å². The van der Waals surface area contributed by atoms with Gasteiger partial charge in [0.25, 0.3) is 0 Å². The van der Waals surface area contributed by atoms with Gasteiger partial charge in [-0.3, -0.25) is 9.71 Å². The molecule has 0 bridgehead atoms. The molecule has 6 heteroatoms. The van der Waals surface area contributed by atoms with Gasteiger partial charge in [-0.25, -0.2) is 8.42 Å². The van der Waals surface area contributed by atoms with Gasteiger partial charge in [0.15, 0.2) is 0 Å². The SMILES string of the molecule is Cc1ccc(SC2CC(=NC3CCCCC3)NS2(=O)=O)cc1. The van der Waals surface area contributed by atoms with E-state index in [4.69, 9.17) is 0 Å². The monoisotopic (exact) mass is 338 g/mol. The number of nitrogens with zero attached hydrogens (tertiary/aromatic N) is 1. The lowest BCUT2D eigenvalue weighted by Crippen LogP contribution is -2.25. The molecule has 1 unspecified atom stereocenters. The number of hydrogen-bond donors (Lipinski definition) is 1. The molecule has 1 atom stereocenters. The predicted molar refractivity (Wildman–Crippen MR) is 91.8 cm³/mol. The Kier molecular flexibility index (Phi) is 4.78. The summed E-state index contributed by atoms with van der Waals surface area (Å²) >= 11 is 1.40. The van der Waals surface area contributed by atoms with Crippen LogP contribution >= 0.6 is 11.8 Å². The van der Waals surface area contributed by atoms with Crippen molar-refractivity contribution in [3.05, 3.63) is 29.8 Å². The van der Waals surface area contributed by atoms with Crippen molar-refractivity contribution >= 4 is 27.6 Å². The molecule has 1 aromatic carbocycles. The number of nitrogens with one attached hydrogen (secondary N) is 1. The first kappa shape index (κ1) is 15.9. The topological polar surface area (TPSA) is 58.5 Å². The normalized spacial score (nSPS) is 27.0. The minimum absolute atomic E-state index is 0.301. The summed E-state index contributed by atoms with van der Waals surface area (Å²) in [5.41, 5.74) is 1.18. The standard InChI is InChI=1S/C16H22N2O2S2/c1-12-7-9-14(10-8-12)21-16-11-15(18-22(16,19)20)17-13-5-3-2-4-6-13/h7-10,13,16H,2-6,11H2,1H3,(H,17,18). The van der Waals surface area contributed by atoms with Gasteiger partial charge >= 0.3 is 0 Å². The van der Waals surface area contributed by atoms with Gasteiger partial charge in [-0.05, 0) is 31.9 Å². The molecule has 22 heavy (non-hydrogen) atoms. The van der Waals surface area contributed by atoms with Crippen LogP contribution in [0.2, 0.25) is 0 Å². The van der Waals surface area contributed by atoms with E-state index in [1.165, 1.54) is 36.6 Å². The van der Waals surface area contributed by atoms with Crippen LogP contribution in [0.1, 0.15) is 44.1 Å². The summed E-state index contributed by atoms with van der Waals surface area (Å²) in [7, 11) is -3.31. The number of aryl methyl sites for hydroxylation is 1. The molecule has 0 aromatic heterocycles. The van der Waals surface area contributed by atoms with Crippen molar-refractivity contribution in [1.29, 1.82) is 0 Å². The van der Waals surface area contributed by atoms with Crippen LogP contribution in [0.15, 0.2) is 34.2 Å². The number of sulfonamides is 1. The first-order valence-electron chi connectivity index (χ1n) is 7.84. The lowest BCUT2D eigenvalue weighted by atomic mass is 9.96. The summed E-state index contributed by atoms with van der Waals surface area (Å²) in [6, 6.07) is 8.27. The molecule has 4 nitrogen and oxygen atoms in total. The molecule has 2 aliphatic rings. The summed E-state index contributed by atoms with van der Waals surface area (Å²) in [6.07, 6.45) is 6.34. The van der Waals surface area contributed by atoms with Gasteiger partial charge in [-0.15, -0.1) is 11.8 Å². The van der Waals surface area contributed by atoms with Crippen molar-refractivity contribution < 1.29 is 8.42 Å². The number of hydrogen-bond acceptors (Lipinski definition) is 4.